The summed E-state index contributed by atoms with van der Waals surface area (Å²) in [5.41, 5.74) is 12.0. The molecule has 6 heteroatoms. The highest BCUT2D eigenvalue weighted by atomic mass is 35.5. The van der Waals surface area contributed by atoms with E-state index in [9.17, 15) is 10.1 Å². The molecule has 0 aromatic heterocycles. The zero-order chi connectivity index (χ0) is 23.0. The summed E-state index contributed by atoms with van der Waals surface area (Å²) in [7, 11) is 0. The molecular weight excluding hydrogens is 424 g/mol. The lowest BCUT2D eigenvalue weighted by Gasteiger charge is -2.33. The maximum atomic E-state index is 12.9. The lowest BCUT2D eigenvalue weighted by atomic mass is 9.74. The van der Waals surface area contributed by atoms with Crippen LogP contribution in [-0.2, 0) is 16.1 Å². The van der Waals surface area contributed by atoms with Gasteiger partial charge in [0.05, 0.1) is 5.92 Å². The Kier molecular flexibility index (Phi) is 5.99. The Morgan fingerprint density at radius 2 is 1.91 bits per heavy atom. The fourth-order valence-electron chi connectivity index (χ4n) is 4.74. The second-order valence-corrected chi connectivity index (χ2v) is 8.75. The van der Waals surface area contributed by atoms with Crippen molar-refractivity contribution in [1.82, 2.24) is 0 Å². The highest BCUT2D eigenvalue weighted by Gasteiger charge is 2.39. The molecule has 0 fully saturated rings. The molecule has 164 valence electrons. The van der Waals surface area contributed by atoms with E-state index >= 15 is 0 Å². The van der Waals surface area contributed by atoms with E-state index in [1.807, 2.05) is 32.9 Å². The van der Waals surface area contributed by atoms with Crippen molar-refractivity contribution < 1.29 is 14.3 Å². The molecule has 0 radical (unpaired) electrons. The first-order valence-electron chi connectivity index (χ1n) is 10.6. The molecule has 0 saturated carbocycles. The Labute approximate surface area is 193 Å². The molecule has 0 unspecified atom stereocenters. The van der Waals surface area contributed by atoms with E-state index in [1.54, 1.807) is 12.1 Å². The fourth-order valence-corrected chi connectivity index (χ4v) is 4.87. The molecular formula is C26H25ClN2O3. The normalized spacial score (nSPS) is 18.2. The minimum Gasteiger partial charge on any atom is -0.489 e. The van der Waals surface area contributed by atoms with Crippen LogP contribution in [0.1, 0.15) is 53.0 Å². The fraction of sp³-hybridized carbons (Fsp3) is 0.308. The van der Waals surface area contributed by atoms with Crippen molar-refractivity contribution in [2.45, 2.75) is 52.6 Å². The van der Waals surface area contributed by atoms with E-state index in [0.29, 0.717) is 41.4 Å². The predicted octanol–water partition coefficient (Wildman–Crippen LogP) is 5.66. The Bertz CT molecular complexity index is 1200. The number of allylic oxidation sites excluding steroid dienone is 3. The van der Waals surface area contributed by atoms with Gasteiger partial charge in [0.1, 0.15) is 29.8 Å². The standard InChI is InChI=1S/C26H25ClN2O3/c1-14-11-15(2)23(16(3)20(14)13-31-18-9-7-17(27)8-10-18)24-19(12-28)26(29)32-22-6-4-5-21(30)25(22)24/h7-11,24H,4-6,13,29H2,1-3H3/t24-/m0/s1. The number of hydrogen-bond donors (Lipinski definition) is 1. The molecule has 1 aliphatic heterocycles. The largest absolute Gasteiger partial charge is 0.489 e. The average Bonchev–Trinajstić information content (AvgIpc) is 2.74. The predicted molar refractivity (Wildman–Crippen MR) is 123 cm³/mol. The lowest BCUT2D eigenvalue weighted by Crippen LogP contribution is -2.28. The maximum Gasteiger partial charge on any atom is 0.205 e. The number of carbonyl (C=O) groups excluding carboxylic acids is 1. The van der Waals surface area contributed by atoms with Crippen LogP contribution in [0.15, 0.2) is 53.1 Å². The second-order valence-electron chi connectivity index (χ2n) is 8.31. The number of hydrogen-bond acceptors (Lipinski definition) is 5. The number of benzene rings is 2. The van der Waals surface area contributed by atoms with E-state index in [0.717, 1.165) is 40.0 Å². The third-order valence-corrected chi connectivity index (χ3v) is 6.53. The number of rotatable bonds is 4. The van der Waals surface area contributed by atoms with Crippen LogP contribution in [0.4, 0.5) is 0 Å². The number of carbonyl (C=O) groups is 1. The molecule has 2 aliphatic rings. The molecule has 2 aromatic rings. The molecule has 2 N–H and O–H groups in total. The minimum absolute atomic E-state index is 0.0230. The van der Waals surface area contributed by atoms with Gasteiger partial charge >= 0.3 is 0 Å². The summed E-state index contributed by atoms with van der Waals surface area (Å²) in [5.74, 6) is 0.905. The summed E-state index contributed by atoms with van der Waals surface area (Å²) in [5, 5.41) is 10.6. The first-order chi connectivity index (χ1) is 15.3. The van der Waals surface area contributed by atoms with Crippen molar-refractivity contribution >= 4 is 17.4 Å². The Hall–Kier alpha value is -3.23. The number of ether oxygens (including phenoxy) is 2. The van der Waals surface area contributed by atoms with Gasteiger partial charge in [-0.2, -0.15) is 5.26 Å². The van der Waals surface area contributed by atoms with Crippen LogP contribution in [-0.4, -0.2) is 5.78 Å². The monoisotopic (exact) mass is 448 g/mol. The van der Waals surface area contributed by atoms with Crippen molar-refractivity contribution in [3.05, 3.63) is 86.0 Å². The highest BCUT2D eigenvalue weighted by Crippen LogP contribution is 2.46. The smallest absolute Gasteiger partial charge is 0.205 e. The SMILES string of the molecule is Cc1cc(C)c([C@@H]2C(C#N)=C(N)OC3=C2C(=O)CCC3)c(C)c1COc1ccc(Cl)cc1. The summed E-state index contributed by atoms with van der Waals surface area (Å²) >= 11 is 5.97. The zero-order valence-corrected chi connectivity index (χ0v) is 19.2. The van der Waals surface area contributed by atoms with Gasteiger partial charge in [-0.05, 0) is 79.3 Å². The summed E-state index contributed by atoms with van der Waals surface area (Å²) < 4.78 is 11.8. The minimum atomic E-state index is -0.522. The van der Waals surface area contributed by atoms with Crippen molar-refractivity contribution in [3.8, 4) is 11.8 Å². The summed E-state index contributed by atoms with van der Waals surface area (Å²) in [6.45, 7) is 6.42. The van der Waals surface area contributed by atoms with Gasteiger partial charge in [-0.25, -0.2) is 0 Å². The summed E-state index contributed by atoms with van der Waals surface area (Å²) in [4.78, 5) is 12.9. The van der Waals surface area contributed by atoms with Gasteiger partial charge in [0, 0.05) is 23.4 Å². The van der Waals surface area contributed by atoms with Gasteiger partial charge in [0.15, 0.2) is 5.78 Å². The molecule has 0 saturated heterocycles. The molecule has 0 bridgehead atoms. The molecule has 0 spiro atoms. The molecule has 2 aromatic carbocycles. The maximum absolute atomic E-state index is 12.9. The number of nitrogens with zero attached hydrogens (tertiary/aromatic N) is 1. The molecule has 5 nitrogen and oxygen atoms in total. The average molecular weight is 449 g/mol. The molecule has 1 atom stereocenters. The molecule has 1 heterocycles. The third kappa shape index (κ3) is 3.87. The van der Waals surface area contributed by atoms with E-state index in [4.69, 9.17) is 26.8 Å². The Morgan fingerprint density at radius 1 is 1.19 bits per heavy atom. The number of Topliss-reactive ketones (excluding diaryl/α,β-unsaturated/α-hetero) is 1. The Balaban J connectivity index is 1.81. The van der Waals surface area contributed by atoms with Crippen molar-refractivity contribution in [1.29, 1.82) is 5.26 Å². The summed E-state index contributed by atoms with van der Waals surface area (Å²) in [6, 6.07) is 11.5. The van der Waals surface area contributed by atoms with Crippen molar-refractivity contribution in [2.24, 2.45) is 5.73 Å². The number of nitriles is 1. The van der Waals surface area contributed by atoms with Gasteiger partial charge in [0.25, 0.3) is 0 Å². The molecule has 0 amide bonds. The van der Waals surface area contributed by atoms with Crippen LogP contribution in [0.2, 0.25) is 5.02 Å². The molecule has 1 aliphatic carbocycles. The van der Waals surface area contributed by atoms with Crippen LogP contribution >= 0.6 is 11.6 Å². The Morgan fingerprint density at radius 3 is 2.59 bits per heavy atom. The van der Waals surface area contributed by atoms with E-state index in [2.05, 4.69) is 12.1 Å². The molecule has 4 rings (SSSR count). The van der Waals surface area contributed by atoms with E-state index in [-0.39, 0.29) is 11.7 Å². The van der Waals surface area contributed by atoms with Crippen LogP contribution < -0.4 is 10.5 Å². The third-order valence-electron chi connectivity index (χ3n) is 6.28. The number of nitrogens with two attached hydrogens (primary N) is 1. The van der Waals surface area contributed by atoms with Gasteiger partial charge < -0.3 is 15.2 Å². The van der Waals surface area contributed by atoms with Crippen molar-refractivity contribution in [2.75, 3.05) is 0 Å². The van der Waals surface area contributed by atoms with Gasteiger partial charge in [-0.3, -0.25) is 4.79 Å². The van der Waals surface area contributed by atoms with Crippen LogP contribution in [0, 0.1) is 32.1 Å². The van der Waals surface area contributed by atoms with Crippen LogP contribution in [0.5, 0.6) is 5.75 Å². The number of aryl methyl sites for hydroxylation is 2. The first kappa shape index (κ1) is 22.0. The number of ketones is 1. The zero-order valence-electron chi connectivity index (χ0n) is 18.4. The van der Waals surface area contributed by atoms with Crippen LogP contribution in [0.25, 0.3) is 0 Å². The van der Waals surface area contributed by atoms with E-state index in [1.165, 1.54) is 0 Å². The second kappa shape index (κ2) is 8.72. The van der Waals surface area contributed by atoms with Gasteiger partial charge in [-0.15, -0.1) is 0 Å². The summed E-state index contributed by atoms with van der Waals surface area (Å²) in [6.07, 6.45) is 1.83. The van der Waals surface area contributed by atoms with E-state index < -0.39 is 5.92 Å². The quantitative estimate of drug-likeness (QED) is 0.652. The molecule has 32 heavy (non-hydrogen) atoms. The first-order valence-corrected chi connectivity index (χ1v) is 11.0. The number of halogens is 1. The topological polar surface area (TPSA) is 85.3 Å². The van der Waals surface area contributed by atoms with Crippen LogP contribution in [0.3, 0.4) is 0 Å². The highest BCUT2D eigenvalue weighted by molar-refractivity contribution is 6.30. The van der Waals surface area contributed by atoms with Gasteiger partial charge in [0.2, 0.25) is 5.88 Å². The lowest BCUT2D eigenvalue weighted by molar-refractivity contribution is -0.116. The van der Waals surface area contributed by atoms with Gasteiger partial charge in [-0.1, -0.05) is 17.7 Å². The van der Waals surface area contributed by atoms with Crippen molar-refractivity contribution in [3.63, 3.8) is 0 Å².